The molecule has 128 valence electrons. The van der Waals surface area contributed by atoms with Crippen LogP contribution < -0.4 is 4.72 Å². The molecule has 0 saturated heterocycles. The number of nitrogens with one attached hydrogen (secondary N) is 1. The van der Waals surface area contributed by atoms with Crippen molar-refractivity contribution >= 4 is 31.2 Å². The molecule has 0 fully saturated rings. The van der Waals surface area contributed by atoms with Crippen LogP contribution >= 0.6 is 0 Å². The molecule has 10 heteroatoms. The van der Waals surface area contributed by atoms with Crippen LogP contribution in [0.15, 0.2) is 52.3 Å². The lowest BCUT2D eigenvalue weighted by Crippen LogP contribution is -2.14. The molecule has 0 aliphatic rings. The maximum absolute atomic E-state index is 12.3. The Hall–Kier alpha value is -2.46. The monoisotopic (exact) mass is 370 g/mol. The minimum Gasteiger partial charge on any atom is -0.273 e. The number of benzene rings is 2. The Kier molecular flexibility index (Phi) is 4.63. The van der Waals surface area contributed by atoms with E-state index in [2.05, 4.69) is 4.72 Å². The molecule has 0 bridgehead atoms. The van der Waals surface area contributed by atoms with Gasteiger partial charge < -0.3 is 0 Å². The molecule has 0 saturated carbocycles. The Bertz CT molecular complexity index is 996. The molecule has 0 aromatic heterocycles. The summed E-state index contributed by atoms with van der Waals surface area (Å²) < 4.78 is 49.7. The van der Waals surface area contributed by atoms with Crippen molar-refractivity contribution in [3.05, 3.63) is 58.1 Å². The first-order valence-electron chi connectivity index (χ1n) is 6.59. The van der Waals surface area contributed by atoms with Gasteiger partial charge in [-0.05, 0) is 31.2 Å². The topological polar surface area (TPSA) is 123 Å². The van der Waals surface area contributed by atoms with E-state index in [1.807, 2.05) is 0 Å². The molecule has 0 aliphatic heterocycles. The van der Waals surface area contributed by atoms with Crippen molar-refractivity contribution in [3.63, 3.8) is 0 Å². The number of hydrogen-bond acceptors (Lipinski definition) is 6. The lowest BCUT2D eigenvalue weighted by atomic mass is 10.2. The molecule has 2 aromatic carbocycles. The van der Waals surface area contributed by atoms with Gasteiger partial charge in [-0.2, -0.15) is 0 Å². The fourth-order valence-corrected chi connectivity index (χ4v) is 3.62. The van der Waals surface area contributed by atoms with Gasteiger partial charge in [-0.25, -0.2) is 16.8 Å². The Balaban J connectivity index is 2.49. The molecule has 0 spiro atoms. The fourth-order valence-electron chi connectivity index (χ4n) is 1.90. The van der Waals surface area contributed by atoms with Crippen LogP contribution in [-0.2, 0) is 19.9 Å². The zero-order chi connectivity index (χ0) is 18.1. The Morgan fingerprint density at radius 2 is 1.50 bits per heavy atom. The van der Waals surface area contributed by atoms with Crippen molar-refractivity contribution in [1.82, 2.24) is 0 Å². The third kappa shape index (κ3) is 3.89. The Morgan fingerprint density at radius 3 is 2.00 bits per heavy atom. The number of rotatable bonds is 5. The van der Waals surface area contributed by atoms with Gasteiger partial charge in [-0.1, -0.05) is 17.7 Å². The number of nitro benzene ring substituents is 1. The molecule has 2 rings (SSSR count). The van der Waals surface area contributed by atoms with Gasteiger partial charge in [0.2, 0.25) is 0 Å². The highest BCUT2D eigenvalue weighted by Crippen LogP contribution is 2.29. The van der Waals surface area contributed by atoms with Gasteiger partial charge in [0.05, 0.1) is 14.7 Å². The van der Waals surface area contributed by atoms with Gasteiger partial charge >= 0.3 is 0 Å². The van der Waals surface area contributed by atoms with E-state index in [1.54, 1.807) is 19.1 Å². The van der Waals surface area contributed by atoms with Crippen LogP contribution in [0.25, 0.3) is 0 Å². The van der Waals surface area contributed by atoms with Crippen molar-refractivity contribution in [3.8, 4) is 0 Å². The van der Waals surface area contributed by atoms with Crippen molar-refractivity contribution in [1.29, 1.82) is 0 Å². The average molecular weight is 370 g/mol. The summed E-state index contributed by atoms with van der Waals surface area (Å²) in [6, 6.07) is 8.91. The van der Waals surface area contributed by atoms with Crippen LogP contribution in [0.2, 0.25) is 0 Å². The first kappa shape index (κ1) is 17.9. The van der Waals surface area contributed by atoms with Crippen molar-refractivity contribution in [2.45, 2.75) is 16.7 Å². The first-order valence-corrected chi connectivity index (χ1v) is 9.96. The van der Waals surface area contributed by atoms with Gasteiger partial charge in [0.1, 0.15) is 5.69 Å². The van der Waals surface area contributed by atoms with E-state index in [0.29, 0.717) is 0 Å². The minimum atomic E-state index is -4.04. The zero-order valence-corrected chi connectivity index (χ0v) is 14.4. The van der Waals surface area contributed by atoms with E-state index < -0.39 is 30.5 Å². The predicted octanol–water partition coefficient (Wildman–Crippen LogP) is 2.11. The van der Waals surface area contributed by atoms with Crippen molar-refractivity contribution < 1.29 is 21.8 Å². The standard InChI is InChI=1S/C14H14N2O6S2/c1-10-3-5-11(6-4-10)24(21,22)15-13-8-7-12(23(2,19)20)9-14(13)16(17)18/h3-9,15H,1-2H3. The highest BCUT2D eigenvalue weighted by atomic mass is 32.2. The van der Waals surface area contributed by atoms with Crippen LogP contribution in [0.3, 0.4) is 0 Å². The van der Waals surface area contributed by atoms with E-state index in [0.717, 1.165) is 30.0 Å². The second-order valence-electron chi connectivity index (χ2n) is 5.13. The molecule has 2 aromatic rings. The normalized spacial score (nSPS) is 11.9. The van der Waals surface area contributed by atoms with Gasteiger partial charge in [0, 0.05) is 12.3 Å². The number of sulfonamides is 1. The molecule has 0 heterocycles. The molecular formula is C14H14N2O6S2. The molecule has 0 aliphatic carbocycles. The smallest absolute Gasteiger partial charge is 0.273 e. The maximum atomic E-state index is 12.3. The summed E-state index contributed by atoms with van der Waals surface area (Å²) in [6.07, 6.45) is 0.905. The molecule has 1 N–H and O–H groups in total. The van der Waals surface area contributed by atoms with E-state index in [9.17, 15) is 26.9 Å². The summed E-state index contributed by atoms with van der Waals surface area (Å²) >= 11 is 0. The van der Waals surface area contributed by atoms with Crippen molar-refractivity contribution in [2.75, 3.05) is 11.0 Å². The number of anilines is 1. The first-order chi connectivity index (χ1) is 11.0. The van der Waals surface area contributed by atoms with Gasteiger partial charge in [0.25, 0.3) is 15.7 Å². The van der Waals surface area contributed by atoms with E-state index in [4.69, 9.17) is 0 Å². The summed E-state index contributed by atoms with van der Waals surface area (Å²) in [5.41, 5.74) is -0.0981. The van der Waals surface area contributed by atoms with Crippen molar-refractivity contribution in [2.24, 2.45) is 0 Å². The molecule has 8 nitrogen and oxygen atoms in total. The number of nitro groups is 1. The number of nitrogens with zero attached hydrogens (tertiary/aromatic N) is 1. The Morgan fingerprint density at radius 1 is 0.958 bits per heavy atom. The lowest BCUT2D eigenvalue weighted by Gasteiger charge is -2.09. The molecular weight excluding hydrogens is 356 g/mol. The third-order valence-electron chi connectivity index (χ3n) is 3.17. The summed E-state index contributed by atoms with van der Waals surface area (Å²) in [5.74, 6) is 0. The highest BCUT2D eigenvalue weighted by molar-refractivity contribution is 7.92. The van der Waals surface area contributed by atoms with Crippen LogP contribution in [0, 0.1) is 17.0 Å². The van der Waals surface area contributed by atoms with E-state index in [-0.39, 0.29) is 15.5 Å². The zero-order valence-electron chi connectivity index (χ0n) is 12.8. The van der Waals surface area contributed by atoms with Gasteiger partial charge in [-0.3, -0.25) is 14.8 Å². The maximum Gasteiger partial charge on any atom is 0.294 e. The molecule has 0 radical (unpaired) electrons. The summed E-state index contributed by atoms with van der Waals surface area (Å²) in [5, 5.41) is 11.1. The van der Waals surface area contributed by atoms with E-state index in [1.165, 1.54) is 12.1 Å². The highest BCUT2D eigenvalue weighted by Gasteiger charge is 2.23. The number of aryl methyl sites for hydroxylation is 1. The number of hydrogen-bond donors (Lipinski definition) is 1. The van der Waals surface area contributed by atoms with E-state index >= 15 is 0 Å². The molecule has 0 atom stereocenters. The Labute approximate surface area is 139 Å². The average Bonchev–Trinajstić information content (AvgIpc) is 2.46. The minimum absolute atomic E-state index is 0.0606. The lowest BCUT2D eigenvalue weighted by molar-refractivity contribution is -0.384. The van der Waals surface area contributed by atoms with Gasteiger partial charge in [0.15, 0.2) is 9.84 Å². The summed E-state index contributed by atoms with van der Waals surface area (Å²) in [4.78, 5) is 9.97. The predicted molar refractivity (Wildman–Crippen MR) is 88.2 cm³/mol. The third-order valence-corrected chi connectivity index (χ3v) is 5.66. The molecule has 24 heavy (non-hydrogen) atoms. The van der Waals surface area contributed by atoms with Crippen LogP contribution in [0.1, 0.15) is 5.56 Å². The summed E-state index contributed by atoms with van der Waals surface area (Å²) in [6.45, 7) is 1.79. The quantitative estimate of drug-likeness (QED) is 0.635. The molecule has 0 unspecified atom stereocenters. The fraction of sp³-hybridized carbons (Fsp3) is 0.143. The summed E-state index contributed by atoms with van der Waals surface area (Å²) in [7, 11) is -7.70. The van der Waals surface area contributed by atoms with Crippen LogP contribution in [0.4, 0.5) is 11.4 Å². The molecule has 0 amide bonds. The number of sulfone groups is 1. The van der Waals surface area contributed by atoms with Gasteiger partial charge in [-0.15, -0.1) is 0 Å². The van der Waals surface area contributed by atoms with Crippen LogP contribution in [0.5, 0.6) is 0 Å². The van der Waals surface area contributed by atoms with Crippen LogP contribution in [-0.4, -0.2) is 28.0 Å². The largest absolute Gasteiger partial charge is 0.294 e. The SMILES string of the molecule is Cc1ccc(S(=O)(=O)Nc2ccc(S(C)(=O)=O)cc2[N+](=O)[O-])cc1. The second-order valence-corrected chi connectivity index (χ2v) is 8.82. The second kappa shape index (κ2) is 6.21.